The molecule has 6 nitrogen and oxygen atoms in total. The zero-order valence-electron chi connectivity index (χ0n) is 11.6. The van der Waals surface area contributed by atoms with Gasteiger partial charge in [-0.3, -0.25) is 4.79 Å². The number of hydrogen-bond donors (Lipinski definition) is 1. The zero-order chi connectivity index (χ0) is 15.4. The molecule has 0 fully saturated rings. The maximum Gasteiger partial charge on any atom is 0.335 e. The van der Waals surface area contributed by atoms with Crippen LogP contribution in [0.3, 0.4) is 0 Å². The summed E-state index contributed by atoms with van der Waals surface area (Å²) in [7, 11) is 4.66. The van der Waals surface area contributed by atoms with Gasteiger partial charge in [0, 0.05) is 14.1 Å². The van der Waals surface area contributed by atoms with E-state index in [9.17, 15) is 9.59 Å². The Morgan fingerprint density at radius 2 is 1.95 bits per heavy atom. The van der Waals surface area contributed by atoms with Gasteiger partial charge in [0.05, 0.1) is 17.1 Å². The van der Waals surface area contributed by atoms with Crippen molar-refractivity contribution >= 4 is 27.8 Å². The monoisotopic (exact) mass is 345 g/mol. The summed E-state index contributed by atoms with van der Waals surface area (Å²) in [5, 5.41) is 8.99. The van der Waals surface area contributed by atoms with Crippen molar-refractivity contribution in [1.29, 1.82) is 0 Å². The number of likely N-dealkylation sites (N-methyl/N-ethyl adjacent to an activating group) is 1. The van der Waals surface area contributed by atoms with Gasteiger partial charge in [-0.25, -0.2) is 4.79 Å². The molecule has 0 aliphatic heterocycles. The smallest absolute Gasteiger partial charge is 0.335 e. The van der Waals surface area contributed by atoms with E-state index in [-0.39, 0.29) is 17.2 Å². The SMILES string of the molecule is COc1cc(C(=O)O)cc(Br)c1OC(C)C(=O)N(C)C. The number of carboxylic acid groups (broad SMARTS) is 1. The van der Waals surface area contributed by atoms with Crippen LogP contribution < -0.4 is 9.47 Å². The van der Waals surface area contributed by atoms with Crippen molar-refractivity contribution in [2.24, 2.45) is 0 Å². The van der Waals surface area contributed by atoms with Crippen LogP contribution in [0.4, 0.5) is 0 Å². The Bertz CT molecular complexity index is 530. The molecule has 0 bridgehead atoms. The highest BCUT2D eigenvalue weighted by Gasteiger charge is 2.21. The van der Waals surface area contributed by atoms with E-state index < -0.39 is 12.1 Å². The second-order valence-electron chi connectivity index (χ2n) is 4.29. The third-order valence-electron chi connectivity index (χ3n) is 2.56. The second-order valence-corrected chi connectivity index (χ2v) is 5.14. The maximum absolute atomic E-state index is 11.8. The lowest BCUT2D eigenvalue weighted by Gasteiger charge is -2.20. The number of amides is 1. The normalized spacial score (nSPS) is 11.7. The number of benzene rings is 1. The molecule has 1 aromatic rings. The van der Waals surface area contributed by atoms with Gasteiger partial charge in [-0.1, -0.05) is 0 Å². The van der Waals surface area contributed by atoms with Gasteiger partial charge >= 0.3 is 5.97 Å². The lowest BCUT2D eigenvalue weighted by atomic mass is 10.2. The van der Waals surface area contributed by atoms with E-state index in [1.54, 1.807) is 21.0 Å². The van der Waals surface area contributed by atoms with E-state index in [4.69, 9.17) is 14.6 Å². The molecule has 7 heteroatoms. The first-order chi connectivity index (χ1) is 9.27. The third kappa shape index (κ3) is 3.63. The predicted octanol–water partition coefficient (Wildman–Crippen LogP) is 2.01. The first kappa shape index (κ1) is 16.3. The molecule has 0 aliphatic rings. The highest BCUT2D eigenvalue weighted by molar-refractivity contribution is 9.10. The van der Waals surface area contributed by atoms with E-state index in [2.05, 4.69) is 15.9 Å². The van der Waals surface area contributed by atoms with Crippen LogP contribution in [0, 0.1) is 0 Å². The summed E-state index contributed by atoms with van der Waals surface area (Å²) in [5.41, 5.74) is 0.0627. The molecule has 1 N–H and O–H groups in total. The third-order valence-corrected chi connectivity index (χ3v) is 3.15. The van der Waals surface area contributed by atoms with Gasteiger partial charge in [0.25, 0.3) is 5.91 Å². The second kappa shape index (κ2) is 6.60. The lowest BCUT2D eigenvalue weighted by Crippen LogP contribution is -2.35. The fraction of sp³-hybridized carbons (Fsp3) is 0.385. The molecular formula is C13H16BrNO5. The van der Waals surface area contributed by atoms with E-state index in [0.717, 1.165) is 0 Å². The number of hydrogen-bond acceptors (Lipinski definition) is 4. The topological polar surface area (TPSA) is 76.1 Å². The molecule has 1 amide bonds. The molecule has 1 atom stereocenters. The van der Waals surface area contributed by atoms with E-state index in [1.165, 1.54) is 24.1 Å². The summed E-state index contributed by atoms with van der Waals surface area (Å²) in [6, 6.07) is 2.74. The molecule has 0 saturated carbocycles. The first-order valence-corrected chi connectivity index (χ1v) is 6.55. The van der Waals surface area contributed by atoms with Gasteiger partial charge in [-0.2, -0.15) is 0 Å². The summed E-state index contributed by atoms with van der Waals surface area (Å²) in [6.07, 6.45) is -0.717. The Morgan fingerprint density at radius 1 is 1.35 bits per heavy atom. The molecule has 1 unspecified atom stereocenters. The number of carbonyl (C=O) groups is 2. The molecular weight excluding hydrogens is 330 g/mol. The molecule has 0 aromatic heterocycles. The highest BCUT2D eigenvalue weighted by atomic mass is 79.9. The van der Waals surface area contributed by atoms with Crippen LogP contribution in [0.5, 0.6) is 11.5 Å². The minimum absolute atomic E-state index is 0.0627. The van der Waals surface area contributed by atoms with Gasteiger partial charge in [0.2, 0.25) is 0 Å². The summed E-state index contributed by atoms with van der Waals surface area (Å²) >= 11 is 3.23. The minimum atomic E-state index is -1.08. The summed E-state index contributed by atoms with van der Waals surface area (Å²) in [5.74, 6) is -0.746. The molecule has 0 aliphatic carbocycles. The van der Waals surface area contributed by atoms with Crippen molar-refractivity contribution in [2.45, 2.75) is 13.0 Å². The largest absolute Gasteiger partial charge is 0.493 e. The quantitative estimate of drug-likeness (QED) is 0.883. The van der Waals surface area contributed by atoms with E-state index >= 15 is 0 Å². The highest BCUT2D eigenvalue weighted by Crippen LogP contribution is 2.37. The number of halogens is 1. The van der Waals surface area contributed by atoms with Crippen molar-refractivity contribution in [2.75, 3.05) is 21.2 Å². The minimum Gasteiger partial charge on any atom is -0.493 e. The summed E-state index contributed by atoms with van der Waals surface area (Å²) < 4.78 is 11.1. The molecule has 0 spiro atoms. The molecule has 20 heavy (non-hydrogen) atoms. The number of carbonyl (C=O) groups excluding carboxylic acids is 1. The van der Waals surface area contributed by atoms with Gasteiger partial charge in [0.1, 0.15) is 0 Å². The van der Waals surface area contributed by atoms with Gasteiger partial charge in [0.15, 0.2) is 17.6 Å². The van der Waals surface area contributed by atoms with Crippen molar-refractivity contribution in [3.05, 3.63) is 22.2 Å². The summed E-state index contributed by atoms with van der Waals surface area (Å²) in [4.78, 5) is 24.2. The number of ether oxygens (including phenoxy) is 2. The number of rotatable bonds is 5. The Labute approximate surface area is 125 Å². The molecule has 0 radical (unpaired) electrons. The molecule has 1 rings (SSSR count). The number of aromatic carboxylic acids is 1. The Balaban J connectivity index is 3.12. The first-order valence-electron chi connectivity index (χ1n) is 5.76. The fourth-order valence-corrected chi connectivity index (χ4v) is 2.08. The molecule has 0 saturated heterocycles. The van der Waals surface area contributed by atoms with Gasteiger partial charge < -0.3 is 19.5 Å². The van der Waals surface area contributed by atoms with Crippen LogP contribution in [0.2, 0.25) is 0 Å². The van der Waals surface area contributed by atoms with Crippen LogP contribution >= 0.6 is 15.9 Å². The average Bonchev–Trinajstić information content (AvgIpc) is 2.39. The van der Waals surface area contributed by atoms with Crippen molar-refractivity contribution in [1.82, 2.24) is 4.90 Å². The molecule has 0 heterocycles. The number of methoxy groups -OCH3 is 1. The van der Waals surface area contributed by atoms with Gasteiger partial charge in [-0.15, -0.1) is 0 Å². The number of nitrogens with zero attached hydrogens (tertiary/aromatic N) is 1. The van der Waals surface area contributed by atoms with Crippen LogP contribution in [0.1, 0.15) is 17.3 Å². The lowest BCUT2D eigenvalue weighted by molar-refractivity contribution is -0.135. The van der Waals surface area contributed by atoms with E-state index in [0.29, 0.717) is 10.2 Å². The van der Waals surface area contributed by atoms with Gasteiger partial charge in [-0.05, 0) is 35.0 Å². The molecule has 110 valence electrons. The van der Waals surface area contributed by atoms with Crippen molar-refractivity contribution < 1.29 is 24.2 Å². The van der Waals surface area contributed by atoms with Crippen LogP contribution in [-0.4, -0.2) is 49.2 Å². The average molecular weight is 346 g/mol. The van der Waals surface area contributed by atoms with Crippen LogP contribution in [0.25, 0.3) is 0 Å². The van der Waals surface area contributed by atoms with Crippen molar-refractivity contribution in [3.63, 3.8) is 0 Å². The fourth-order valence-electron chi connectivity index (χ4n) is 1.55. The summed E-state index contributed by atoms with van der Waals surface area (Å²) in [6.45, 7) is 1.61. The van der Waals surface area contributed by atoms with Crippen LogP contribution in [0.15, 0.2) is 16.6 Å². The van der Waals surface area contributed by atoms with Crippen molar-refractivity contribution in [3.8, 4) is 11.5 Å². The maximum atomic E-state index is 11.8. The standard InChI is InChI=1S/C13H16BrNO5/c1-7(12(16)15(2)3)20-11-9(14)5-8(13(17)18)6-10(11)19-4/h5-7H,1-4H3,(H,17,18). The Hall–Kier alpha value is -1.76. The molecule has 1 aromatic carbocycles. The van der Waals surface area contributed by atoms with Crippen LogP contribution in [-0.2, 0) is 4.79 Å². The predicted molar refractivity (Wildman–Crippen MR) is 76.4 cm³/mol. The Morgan fingerprint density at radius 3 is 2.40 bits per heavy atom. The number of carboxylic acids is 1. The Kier molecular flexibility index (Phi) is 5.38. The van der Waals surface area contributed by atoms with E-state index in [1.807, 2.05) is 0 Å². The zero-order valence-corrected chi connectivity index (χ0v) is 13.2.